The van der Waals surface area contributed by atoms with Crippen LogP contribution in [0, 0.1) is 6.92 Å². The lowest BCUT2D eigenvalue weighted by Crippen LogP contribution is -2.32. The van der Waals surface area contributed by atoms with Crippen LogP contribution in [-0.4, -0.2) is 31.1 Å². The lowest BCUT2D eigenvalue weighted by Gasteiger charge is -2.12. The molecule has 0 radical (unpaired) electrons. The number of anilines is 1. The summed E-state index contributed by atoms with van der Waals surface area (Å²) in [6.45, 7) is 3.28. The van der Waals surface area contributed by atoms with Gasteiger partial charge in [-0.25, -0.2) is 0 Å². The van der Waals surface area contributed by atoms with E-state index < -0.39 is 0 Å². The van der Waals surface area contributed by atoms with Crippen molar-refractivity contribution in [3.05, 3.63) is 51.6 Å². The van der Waals surface area contributed by atoms with Crippen LogP contribution < -0.4 is 10.6 Å². The van der Waals surface area contributed by atoms with Crippen molar-refractivity contribution in [2.75, 3.05) is 18.5 Å². The van der Waals surface area contributed by atoms with Crippen LogP contribution in [0.3, 0.4) is 0 Å². The number of hydrogen-bond acceptors (Lipinski definition) is 5. The fourth-order valence-corrected chi connectivity index (χ4v) is 5.81. The maximum Gasteiger partial charge on any atom is 0.254 e. The molecule has 1 saturated heterocycles. The smallest absolute Gasteiger partial charge is 0.254 e. The Hall–Kier alpha value is -2.64. The van der Waals surface area contributed by atoms with Crippen molar-refractivity contribution in [2.45, 2.75) is 51.6 Å². The maximum absolute atomic E-state index is 13.0. The van der Waals surface area contributed by atoms with Gasteiger partial charge in [0.1, 0.15) is 10.6 Å². The number of carbonyl (C=O) groups excluding carboxylic acids is 2. The Morgan fingerprint density at radius 1 is 1.23 bits per heavy atom. The summed E-state index contributed by atoms with van der Waals surface area (Å²) < 4.78 is 11.2. The largest absolute Gasteiger partial charge is 0.464 e. The van der Waals surface area contributed by atoms with E-state index >= 15 is 0 Å². The monoisotopic (exact) mass is 438 g/mol. The topological polar surface area (TPSA) is 80.6 Å². The highest BCUT2D eigenvalue weighted by atomic mass is 32.1. The molecule has 1 aliphatic heterocycles. The second kappa shape index (κ2) is 8.48. The van der Waals surface area contributed by atoms with Crippen molar-refractivity contribution >= 4 is 39.1 Å². The minimum Gasteiger partial charge on any atom is -0.464 e. The zero-order valence-corrected chi connectivity index (χ0v) is 18.4. The number of rotatable bonds is 6. The average Bonchev–Trinajstić information content (AvgIpc) is 3.51. The van der Waals surface area contributed by atoms with Crippen LogP contribution in [0.2, 0.25) is 0 Å². The van der Waals surface area contributed by atoms with E-state index in [-0.39, 0.29) is 24.3 Å². The normalized spacial score (nSPS) is 17.8. The SMILES string of the molecule is Cc1ccc2c(CC(=O)Nc3sc4c(c3C(=O)NCC3CCCO3)CCC4)coc2c1. The first-order valence-corrected chi connectivity index (χ1v) is 11.7. The molecule has 3 heterocycles. The number of hydrogen-bond donors (Lipinski definition) is 2. The van der Waals surface area contributed by atoms with Gasteiger partial charge in [-0.2, -0.15) is 0 Å². The van der Waals surface area contributed by atoms with Crippen LogP contribution in [0.25, 0.3) is 11.0 Å². The van der Waals surface area contributed by atoms with Crippen molar-refractivity contribution in [1.82, 2.24) is 5.32 Å². The molecule has 31 heavy (non-hydrogen) atoms. The quantitative estimate of drug-likeness (QED) is 0.598. The van der Waals surface area contributed by atoms with Gasteiger partial charge in [0.15, 0.2) is 0 Å². The number of ether oxygens (including phenoxy) is 1. The average molecular weight is 439 g/mol. The van der Waals surface area contributed by atoms with Gasteiger partial charge in [0.05, 0.1) is 24.4 Å². The molecular formula is C24H26N2O4S. The van der Waals surface area contributed by atoms with Gasteiger partial charge in [-0.15, -0.1) is 11.3 Å². The first kappa shape index (κ1) is 20.3. The minimum atomic E-state index is -0.142. The highest BCUT2D eigenvalue weighted by Gasteiger charge is 2.28. The fourth-order valence-electron chi connectivity index (χ4n) is 4.50. The summed E-state index contributed by atoms with van der Waals surface area (Å²) in [5, 5.41) is 7.63. The molecule has 1 aromatic carbocycles. The molecule has 2 aliphatic rings. The lowest BCUT2D eigenvalue weighted by molar-refractivity contribution is -0.115. The number of thiophene rings is 1. The van der Waals surface area contributed by atoms with Gasteiger partial charge >= 0.3 is 0 Å². The fraction of sp³-hybridized carbons (Fsp3) is 0.417. The second-order valence-corrected chi connectivity index (χ2v) is 9.50. The van der Waals surface area contributed by atoms with Crippen LogP contribution in [-0.2, 0) is 28.8 Å². The summed E-state index contributed by atoms with van der Waals surface area (Å²) in [4.78, 5) is 27.1. The predicted molar refractivity (Wildman–Crippen MR) is 121 cm³/mol. The zero-order valence-electron chi connectivity index (χ0n) is 17.6. The summed E-state index contributed by atoms with van der Waals surface area (Å²) in [5.74, 6) is -0.259. The van der Waals surface area contributed by atoms with Crippen LogP contribution in [0.4, 0.5) is 5.00 Å². The van der Waals surface area contributed by atoms with E-state index in [1.54, 1.807) is 6.26 Å². The predicted octanol–water partition coefficient (Wildman–Crippen LogP) is 4.38. The third-order valence-corrected chi connectivity index (χ3v) is 7.29. The van der Waals surface area contributed by atoms with E-state index in [4.69, 9.17) is 9.15 Å². The highest BCUT2D eigenvalue weighted by Crippen LogP contribution is 2.39. The summed E-state index contributed by atoms with van der Waals surface area (Å²) >= 11 is 1.53. The van der Waals surface area contributed by atoms with Crippen molar-refractivity contribution in [3.8, 4) is 0 Å². The number of fused-ring (bicyclic) bond motifs is 2. The Labute approximate surface area is 185 Å². The maximum atomic E-state index is 13.0. The summed E-state index contributed by atoms with van der Waals surface area (Å²) in [6, 6.07) is 5.97. The molecule has 3 aromatic rings. The Bertz CT molecular complexity index is 1140. The summed E-state index contributed by atoms with van der Waals surface area (Å²) in [7, 11) is 0. The van der Waals surface area contributed by atoms with Gasteiger partial charge in [0, 0.05) is 29.0 Å². The minimum absolute atomic E-state index is 0.0895. The molecule has 162 valence electrons. The number of aryl methyl sites for hydroxylation is 2. The number of nitrogens with one attached hydrogen (secondary N) is 2. The Morgan fingerprint density at radius 3 is 2.97 bits per heavy atom. The molecule has 0 spiro atoms. The van der Waals surface area contributed by atoms with Gasteiger partial charge in [-0.05, 0) is 56.2 Å². The Balaban J connectivity index is 1.32. The Morgan fingerprint density at radius 2 is 2.13 bits per heavy atom. The number of carbonyl (C=O) groups is 2. The molecule has 1 unspecified atom stereocenters. The third kappa shape index (κ3) is 4.12. The van der Waals surface area contributed by atoms with Crippen LogP contribution in [0.5, 0.6) is 0 Å². The molecule has 0 saturated carbocycles. The van der Waals surface area contributed by atoms with Crippen molar-refractivity contribution in [2.24, 2.45) is 0 Å². The molecule has 2 amide bonds. The van der Waals surface area contributed by atoms with Crippen molar-refractivity contribution in [1.29, 1.82) is 0 Å². The van der Waals surface area contributed by atoms with Crippen molar-refractivity contribution < 1.29 is 18.7 Å². The van der Waals surface area contributed by atoms with E-state index in [1.807, 2.05) is 25.1 Å². The molecule has 1 fully saturated rings. The molecule has 5 rings (SSSR count). The molecule has 1 atom stereocenters. The molecule has 2 N–H and O–H groups in total. The molecule has 0 bridgehead atoms. The zero-order chi connectivity index (χ0) is 21.4. The van der Waals surface area contributed by atoms with Crippen LogP contribution in [0.1, 0.15) is 51.2 Å². The third-order valence-electron chi connectivity index (χ3n) is 6.08. The van der Waals surface area contributed by atoms with Gasteiger partial charge in [-0.1, -0.05) is 12.1 Å². The molecule has 7 heteroatoms. The van der Waals surface area contributed by atoms with E-state index in [9.17, 15) is 9.59 Å². The van der Waals surface area contributed by atoms with E-state index in [1.165, 1.54) is 16.2 Å². The van der Waals surface area contributed by atoms with Crippen molar-refractivity contribution in [3.63, 3.8) is 0 Å². The van der Waals surface area contributed by atoms with Gasteiger partial charge in [0.2, 0.25) is 5.91 Å². The van der Waals surface area contributed by atoms with E-state index in [0.29, 0.717) is 17.1 Å². The molecule has 2 aromatic heterocycles. The van der Waals surface area contributed by atoms with Crippen LogP contribution in [0.15, 0.2) is 28.9 Å². The molecule has 6 nitrogen and oxygen atoms in total. The highest BCUT2D eigenvalue weighted by molar-refractivity contribution is 7.17. The van der Waals surface area contributed by atoms with E-state index in [0.717, 1.165) is 66.4 Å². The first-order chi connectivity index (χ1) is 15.1. The van der Waals surface area contributed by atoms with Gasteiger partial charge in [0.25, 0.3) is 5.91 Å². The summed E-state index contributed by atoms with van der Waals surface area (Å²) in [6.07, 6.45) is 6.86. The number of benzene rings is 1. The first-order valence-electron chi connectivity index (χ1n) is 10.9. The lowest BCUT2D eigenvalue weighted by atomic mass is 10.1. The van der Waals surface area contributed by atoms with Crippen LogP contribution >= 0.6 is 11.3 Å². The second-order valence-electron chi connectivity index (χ2n) is 8.39. The Kier molecular flexibility index (Phi) is 5.54. The number of furan rings is 1. The summed E-state index contributed by atoms with van der Waals surface area (Å²) in [5.41, 5.74) is 4.48. The van der Waals surface area contributed by atoms with E-state index in [2.05, 4.69) is 10.6 Å². The standard InChI is InChI=1S/C24H26N2O4S/c1-14-7-8-17-15(13-30-19(17)10-14)11-21(27)26-24-22(18-5-2-6-20(18)31-24)23(28)25-12-16-4-3-9-29-16/h7-8,10,13,16H,2-6,9,11-12H2,1H3,(H,25,28)(H,26,27). The number of amides is 2. The van der Waals surface area contributed by atoms with Gasteiger partial charge < -0.3 is 19.8 Å². The molecular weight excluding hydrogens is 412 g/mol. The van der Waals surface area contributed by atoms with Gasteiger partial charge in [-0.3, -0.25) is 9.59 Å². The molecule has 1 aliphatic carbocycles.